The highest BCUT2D eigenvalue weighted by Crippen LogP contribution is 2.45. The van der Waals surface area contributed by atoms with E-state index in [1.165, 1.54) is 49.4 Å². The van der Waals surface area contributed by atoms with Crippen molar-refractivity contribution in [1.29, 1.82) is 0 Å². The van der Waals surface area contributed by atoms with Gasteiger partial charge in [-0.25, -0.2) is 9.48 Å². The zero-order valence-corrected chi connectivity index (χ0v) is 20.9. The lowest BCUT2D eigenvalue weighted by molar-refractivity contribution is -0.384. The molecule has 0 bridgehead atoms. The Hall–Kier alpha value is -4.72. The number of fused-ring (bicyclic) bond motifs is 1. The summed E-state index contributed by atoms with van der Waals surface area (Å²) in [6, 6.07) is 7.21. The first-order valence-corrected chi connectivity index (χ1v) is 11.6. The number of rotatable bonds is 8. The largest absolute Gasteiger partial charge is 0.504 e. The molecule has 2 heterocycles. The third-order valence-electron chi connectivity index (χ3n) is 5.17. The van der Waals surface area contributed by atoms with Crippen molar-refractivity contribution in [3.05, 3.63) is 62.1 Å². The van der Waals surface area contributed by atoms with Crippen LogP contribution in [0.2, 0.25) is 0 Å². The zero-order valence-electron chi connectivity index (χ0n) is 20.1. The number of phenolic OH excluding ortho intramolecular Hbond substituents is 1. The van der Waals surface area contributed by atoms with E-state index in [0.717, 1.165) is 11.3 Å². The molecule has 0 unspecified atom stereocenters. The van der Waals surface area contributed by atoms with Gasteiger partial charge in [0.1, 0.15) is 5.75 Å². The molecule has 2 aromatic heterocycles. The predicted molar refractivity (Wildman–Crippen MR) is 133 cm³/mol. The normalized spacial score (nSPS) is 12.1. The monoisotopic (exact) mass is 527 g/mol. The van der Waals surface area contributed by atoms with E-state index in [2.05, 4.69) is 15.3 Å². The maximum Gasteiger partial charge on any atom is 0.369 e. The molecule has 0 saturated heterocycles. The molecule has 0 aliphatic carbocycles. The number of carbonyl (C=O) groups is 1. The molecule has 0 atom stereocenters. The summed E-state index contributed by atoms with van der Waals surface area (Å²) in [7, 11) is 2.84. The van der Waals surface area contributed by atoms with E-state index in [0.29, 0.717) is 22.4 Å². The summed E-state index contributed by atoms with van der Waals surface area (Å²) < 4.78 is 22.6. The van der Waals surface area contributed by atoms with Gasteiger partial charge in [0, 0.05) is 12.1 Å². The molecule has 0 spiro atoms. The molecule has 2 aromatic carbocycles. The van der Waals surface area contributed by atoms with Crippen LogP contribution < -0.4 is 14.3 Å². The molecule has 0 amide bonds. The second-order valence-corrected chi connectivity index (χ2v) is 8.29. The summed E-state index contributed by atoms with van der Waals surface area (Å²) in [6.45, 7) is 3.42. The molecule has 0 radical (unpaired) electrons. The van der Waals surface area contributed by atoms with Gasteiger partial charge in [0.05, 0.1) is 54.4 Å². The molecule has 37 heavy (non-hydrogen) atoms. The molecular weight excluding hydrogens is 506 g/mol. The van der Waals surface area contributed by atoms with E-state index in [4.69, 9.17) is 18.6 Å². The highest BCUT2D eigenvalue weighted by Gasteiger charge is 2.25. The predicted octanol–water partition coefficient (Wildman–Crippen LogP) is 3.81. The number of nitro benzene ring substituents is 1. The lowest BCUT2D eigenvalue weighted by atomic mass is 10.0. The number of hydrogen-bond acceptors (Lipinski definition) is 12. The Morgan fingerprint density at radius 3 is 2.54 bits per heavy atom. The van der Waals surface area contributed by atoms with Gasteiger partial charge in [0.25, 0.3) is 5.69 Å². The maximum absolute atomic E-state index is 12.3. The highest BCUT2D eigenvalue weighted by atomic mass is 32.1. The van der Waals surface area contributed by atoms with Gasteiger partial charge in [-0.05, 0) is 32.0 Å². The van der Waals surface area contributed by atoms with Crippen LogP contribution in [0.15, 0.2) is 51.2 Å². The van der Waals surface area contributed by atoms with Crippen LogP contribution in [-0.2, 0) is 4.74 Å². The summed E-state index contributed by atoms with van der Waals surface area (Å²) >= 11 is 0.912. The molecule has 0 fully saturated rings. The molecular formula is C23H21N5O8S. The van der Waals surface area contributed by atoms with Crippen LogP contribution >= 0.6 is 11.3 Å². The second kappa shape index (κ2) is 10.5. The standard InChI is InChI=1S/C23H21N5O8S/c1-5-35-22(30)21-26-27(13-6-8-14(9-7-13)28(31)32)23(37-21)25-24-12(2)16-17(29)20(34-4)19-15(10-11-36-19)18(16)33-3/h6-11,29H,5H2,1-4H3/b24-12+,25-23?. The van der Waals surface area contributed by atoms with E-state index in [9.17, 15) is 20.0 Å². The van der Waals surface area contributed by atoms with Crippen molar-refractivity contribution >= 4 is 39.7 Å². The average molecular weight is 528 g/mol. The van der Waals surface area contributed by atoms with Crippen molar-refractivity contribution in [1.82, 2.24) is 9.78 Å². The first-order chi connectivity index (χ1) is 17.8. The number of esters is 1. The number of carbonyl (C=O) groups excluding carboxylic acids is 1. The van der Waals surface area contributed by atoms with Crippen molar-refractivity contribution in [2.45, 2.75) is 13.8 Å². The van der Waals surface area contributed by atoms with Crippen LogP contribution in [-0.4, -0.2) is 52.3 Å². The fraction of sp³-hybridized carbons (Fsp3) is 0.217. The number of nitrogens with zero attached hydrogens (tertiary/aromatic N) is 5. The van der Waals surface area contributed by atoms with E-state index in [-0.39, 0.29) is 44.9 Å². The summed E-state index contributed by atoms with van der Waals surface area (Å²) in [4.78, 5) is 23.0. The summed E-state index contributed by atoms with van der Waals surface area (Å²) in [5.74, 6) is -0.496. The Bertz CT molecular complexity index is 1580. The number of methoxy groups -OCH3 is 2. The van der Waals surface area contributed by atoms with Gasteiger partial charge in [-0.1, -0.05) is 11.3 Å². The van der Waals surface area contributed by atoms with Gasteiger partial charge in [0.2, 0.25) is 15.6 Å². The number of non-ortho nitro benzene ring substituents is 1. The van der Waals surface area contributed by atoms with Crippen molar-refractivity contribution in [2.75, 3.05) is 20.8 Å². The lowest BCUT2D eigenvalue weighted by Gasteiger charge is -2.14. The zero-order chi connectivity index (χ0) is 26.7. The Labute approximate surface area is 213 Å². The Morgan fingerprint density at radius 2 is 1.92 bits per heavy atom. The Morgan fingerprint density at radius 1 is 1.22 bits per heavy atom. The van der Waals surface area contributed by atoms with Gasteiger partial charge < -0.3 is 23.7 Å². The van der Waals surface area contributed by atoms with E-state index >= 15 is 0 Å². The van der Waals surface area contributed by atoms with Crippen molar-refractivity contribution < 1.29 is 33.5 Å². The van der Waals surface area contributed by atoms with Crippen LogP contribution in [0.4, 0.5) is 5.69 Å². The van der Waals surface area contributed by atoms with Crippen LogP contribution in [0.25, 0.3) is 16.7 Å². The van der Waals surface area contributed by atoms with Crippen LogP contribution in [0.3, 0.4) is 0 Å². The van der Waals surface area contributed by atoms with Crippen LogP contribution in [0.1, 0.15) is 29.2 Å². The van der Waals surface area contributed by atoms with Gasteiger partial charge in [-0.15, -0.1) is 10.2 Å². The van der Waals surface area contributed by atoms with Crippen molar-refractivity contribution in [2.24, 2.45) is 10.2 Å². The minimum absolute atomic E-state index is 0.00807. The summed E-state index contributed by atoms with van der Waals surface area (Å²) in [6.07, 6.45) is 1.44. The second-order valence-electron chi connectivity index (χ2n) is 7.33. The molecule has 0 saturated carbocycles. The van der Waals surface area contributed by atoms with Gasteiger partial charge in [-0.2, -0.15) is 5.10 Å². The fourth-order valence-corrected chi connectivity index (χ4v) is 4.29. The minimum atomic E-state index is -0.653. The number of nitro groups is 1. The summed E-state index contributed by atoms with van der Waals surface area (Å²) in [5.41, 5.74) is 1.10. The van der Waals surface area contributed by atoms with E-state index in [1.807, 2.05) is 0 Å². The quantitative estimate of drug-likeness (QED) is 0.155. The van der Waals surface area contributed by atoms with E-state index < -0.39 is 10.9 Å². The SMILES string of the molecule is CCOC(=O)c1nn(-c2ccc([N+](=O)[O-])cc2)c(=N/N=C(\C)c2c(O)c(OC)c3occc3c2OC)s1. The smallest absolute Gasteiger partial charge is 0.369 e. The first kappa shape index (κ1) is 25.4. The topological polar surface area (TPSA) is 164 Å². The van der Waals surface area contributed by atoms with Crippen molar-refractivity contribution in [3.63, 3.8) is 0 Å². The molecule has 13 nitrogen and oxygen atoms in total. The number of phenols is 1. The number of aromatic hydroxyl groups is 1. The molecule has 4 rings (SSSR count). The van der Waals surface area contributed by atoms with E-state index in [1.54, 1.807) is 19.9 Å². The Balaban J connectivity index is 1.88. The van der Waals surface area contributed by atoms with Crippen molar-refractivity contribution in [3.8, 4) is 22.9 Å². The number of ether oxygens (including phenoxy) is 3. The molecule has 14 heteroatoms. The third-order valence-corrected chi connectivity index (χ3v) is 6.04. The molecule has 1 N–H and O–H groups in total. The number of hydrogen-bond donors (Lipinski definition) is 1. The highest BCUT2D eigenvalue weighted by molar-refractivity contribution is 7.10. The maximum atomic E-state index is 12.3. The summed E-state index contributed by atoms with van der Waals surface area (Å²) in [5, 5.41) is 35.3. The third kappa shape index (κ3) is 4.73. The number of furan rings is 1. The lowest BCUT2D eigenvalue weighted by Crippen LogP contribution is -2.14. The fourth-order valence-electron chi connectivity index (χ4n) is 3.54. The first-order valence-electron chi connectivity index (χ1n) is 10.8. The molecule has 4 aromatic rings. The van der Waals surface area contributed by atoms with Crippen LogP contribution in [0.5, 0.6) is 17.2 Å². The molecule has 192 valence electrons. The Kier molecular flexibility index (Phi) is 7.20. The average Bonchev–Trinajstić information content (AvgIpc) is 3.54. The number of aromatic nitrogens is 2. The van der Waals surface area contributed by atoms with Gasteiger partial charge >= 0.3 is 5.97 Å². The number of benzene rings is 2. The van der Waals surface area contributed by atoms with Gasteiger partial charge in [0.15, 0.2) is 11.3 Å². The molecule has 0 aliphatic heterocycles. The minimum Gasteiger partial charge on any atom is -0.504 e. The van der Waals surface area contributed by atoms with Gasteiger partial charge in [-0.3, -0.25) is 10.1 Å². The van der Waals surface area contributed by atoms with Crippen LogP contribution in [0, 0.1) is 10.1 Å². The molecule has 0 aliphatic rings.